The second-order valence-electron chi connectivity index (χ2n) is 6.57. The number of nitrogens with one attached hydrogen (secondary N) is 1. The van der Waals surface area contributed by atoms with Crippen molar-refractivity contribution in [3.05, 3.63) is 53.3 Å². The average Bonchev–Trinajstić information content (AvgIpc) is 3.40. The van der Waals surface area contributed by atoms with E-state index in [1.165, 1.54) is 11.3 Å². The normalized spacial score (nSPS) is 17.2. The van der Waals surface area contributed by atoms with E-state index in [1.807, 2.05) is 24.0 Å². The molecular formula is C19H20N6O2S. The Morgan fingerprint density at radius 1 is 1.43 bits per heavy atom. The highest BCUT2D eigenvalue weighted by Crippen LogP contribution is 2.28. The molecule has 4 rings (SSSR count). The molecule has 3 aromatic rings. The number of carbonyl (C=O) groups is 1. The van der Waals surface area contributed by atoms with Crippen LogP contribution in [-0.4, -0.2) is 44.1 Å². The molecule has 144 valence electrons. The van der Waals surface area contributed by atoms with Crippen LogP contribution >= 0.6 is 11.3 Å². The first-order chi connectivity index (χ1) is 13.7. The van der Waals surface area contributed by atoms with Crippen LogP contribution in [0.5, 0.6) is 0 Å². The molecule has 8 nitrogen and oxygen atoms in total. The van der Waals surface area contributed by atoms with E-state index >= 15 is 0 Å². The number of amides is 1. The summed E-state index contributed by atoms with van der Waals surface area (Å²) in [6, 6.07) is 5.55. The Bertz CT molecular complexity index is 955. The molecule has 0 spiro atoms. The quantitative estimate of drug-likeness (QED) is 0.660. The maximum absolute atomic E-state index is 12.6. The second-order valence-corrected chi connectivity index (χ2v) is 7.40. The standard InChI is InChI=1S/C19H20N6O2S/c1-13-21-16(10-17(22-13)23-19-24-20-12-28-19)14-4-2-8-25(11-14)18(26)7-6-15-5-3-9-27-15/h3,5-7,9-10,12,14H,2,4,8,11H2,1H3,(H,21,22,23,24)/b7-6+. The molecular weight excluding hydrogens is 376 g/mol. The van der Waals surface area contributed by atoms with Crippen LogP contribution in [0.25, 0.3) is 6.08 Å². The first-order valence-corrected chi connectivity index (χ1v) is 9.94. The van der Waals surface area contributed by atoms with E-state index in [0.717, 1.165) is 25.1 Å². The van der Waals surface area contributed by atoms with Gasteiger partial charge in [-0.15, -0.1) is 10.2 Å². The Morgan fingerprint density at radius 2 is 2.36 bits per heavy atom. The van der Waals surface area contributed by atoms with Crippen LogP contribution in [0.2, 0.25) is 0 Å². The molecule has 9 heteroatoms. The van der Waals surface area contributed by atoms with Crippen LogP contribution in [0, 0.1) is 6.92 Å². The van der Waals surface area contributed by atoms with Gasteiger partial charge in [0.15, 0.2) is 0 Å². The highest BCUT2D eigenvalue weighted by Gasteiger charge is 2.25. The van der Waals surface area contributed by atoms with Crippen LogP contribution in [0.1, 0.15) is 36.0 Å². The van der Waals surface area contributed by atoms with Crippen molar-refractivity contribution in [2.24, 2.45) is 0 Å². The van der Waals surface area contributed by atoms with Gasteiger partial charge in [-0.05, 0) is 38.0 Å². The Kier molecular flexibility index (Phi) is 5.43. The Hall–Kier alpha value is -3.07. The van der Waals surface area contributed by atoms with E-state index in [0.29, 0.717) is 29.1 Å². The van der Waals surface area contributed by atoms with Crippen molar-refractivity contribution < 1.29 is 9.21 Å². The van der Waals surface area contributed by atoms with Crippen LogP contribution in [0.15, 0.2) is 40.5 Å². The fourth-order valence-electron chi connectivity index (χ4n) is 3.26. The second kappa shape index (κ2) is 8.30. The summed E-state index contributed by atoms with van der Waals surface area (Å²) in [5.41, 5.74) is 2.60. The molecule has 3 aromatic heterocycles. The molecule has 1 fully saturated rings. The summed E-state index contributed by atoms with van der Waals surface area (Å²) in [5, 5.41) is 11.7. The first kappa shape index (κ1) is 18.3. The van der Waals surface area contributed by atoms with Gasteiger partial charge in [0.05, 0.1) is 12.0 Å². The van der Waals surface area contributed by atoms with Crippen LogP contribution in [0.4, 0.5) is 10.9 Å². The summed E-state index contributed by atoms with van der Waals surface area (Å²) in [5.74, 6) is 2.21. The summed E-state index contributed by atoms with van der Waals surface area (Å²) in [7, 11) is 0. The molecule has 0 saturated carbocycles. The Labute approximate surface area is 166 Å². The number of anilines is 2. The molecule has 1 atom stereocenters. The molecule has 1 amide bonds. The van der Waals surface area contributed by atoms with Gasteiger partial charge in [-0.2, -0.15) is 0 Å². The number of piperidine rings is 1. The predicted molar refractivity (Wildman–Crippen MR) is 106 cm³/mol. The third-order valence-electron chi connectivity index (χ3n) is 4.54. The van der Waals surface area contributed by atoms with E-state index in [1.54, 1.807) is 30.0 Å². The zero-order valence-corrected chi connectivity index (χ0v) is 16.2. The van der Waals surface area contributed by atoms with Crippen LogP contribution < -0.4 is 5.32 Å². The minimum atomic E-state index is -0.0147. The third-order valence-corrected chi connectivity index (χ3v) is 5.14. The molecule has 1 aliphatic heterocycles. The monoisotopic (exact) mass is 396 g/mol. The lowest BCUT2D eigenvalue weighted by Crippen LogP contribution is -2.38. The Balaban J connectivity index is 1.46. The van der Waals surface area contributed by atoms with Crippen molar-refractivity contribution in [3.8, 4) is 0 Å². The molecule has 1 aliphatic rings. The molecule has 1 unspecified atom stereocenters. The van der Waals surface area contributed by atoms with Gasteiger partial charge in [0, 0.05) is 31.1 Å². The summed E-state index contributed by atoms with van der Waals surface area (Å²) < 4.78 is 5.24. The van der Waals surface area contributed by atoms with Crippen molar-refractivity contribution in [3.63, 3.8) is 0 Å². The molecule has 1 N–H and O–H groups in total. The van der Waals surface area contributed by atoms with Gasteiger partial charge in [-0.1, -0.05) is 11.3 Å². The lowest BCUT2D eigenvalue weighted by Gasteiger charge is -2.32. The van der Waals surface area contributed by atoms with E-state index < -0.39 is 0 Å². The minimum absolute atomic E-state index is 0.0147. The topological polar surface area (TPSA) is 97.0 Å². The number of rotatable bonds is 5. The number of aromatic nitrogens is 4. The summed E-state index contributed by atoms with van der Waals surface area (Å²) in [4.78, 5) is 23.5. The SMILES string of the molecule is Cc1nc(Nc2nncs2)cc(C2CCCN(C(=O)/C=C/c3ccco3)C2)n1. The fourth-order valence-corrected chi connectivity index (χ4v) is 3.72. The highest BCUT2D eigenvalue weighted by molar-refractivity contribution is 7.13. The molecule has 0 bridgehead atoms. The smallest absolute Gasteiger partial charge is 0.246 e. The number of hydrogen-bond acceptors (Lipinski definition) is 8. The lowest BCUT2D eigenvalue weighted by atomic mass is 9.94. The van der Waals surface area contributed by atoms with Crippen molar-refractivity contribution >= 4 is 34.3 Å². The van der Waals surface area contributed by atoms with Gasteiger partial charge < -0.3 is 14.6 Å². The van der Waals surface area contributed by atoms with Gasteiger partial charge in [0.25, 0.3) is 0 Å². The van der Waals surface area contributed by atoms with Gasteiger partial charge in [0.2, 0.25) is 11.0 Å². The summed E-state index contributed by atoms with van der Waals surface area (Å²) in [6.45, 7) is 3.25. The molecule has 0 aliphatic carbocycles. The third kappa shape index (κ3) is 4.42. The molecule has 0 radical (unpaired) electrons. The first-order valence-electron chi connectivity index (χ1n) is 9.06. The number of furan rings is 1. The van der Waals surface area contributed by atoms with E-state index in [9.17, 15) is 4.79 Å². The zero-order chi connectivity index (χ0) is 19.3. The van der Waals surface area contributed by atoms with Crippen molar-refractivity contribution in [2.45, 2.75) is 25.7 Å². The molecule has 28 heavy (non-hydrogen) atoms. The number of aryl methyl sites for hydroxylation is 1. The average molecular weight is 396 g/mol. The molecule has 1 saturated heterocycles. The Morgan fingerprint density at radius 3 is 3.14 bits per heavy atom. The van der Waals surface area contributed by atoms with E-state index in [-0.39, 0.29) is 11.8 Å². The number of hydrogen-bond donors (Lipinski definition) is 1. The van der Waals surface area contributed by atoms with Crippen molar-refractivity contribution in [1.82, 2.24) is 25.1 Å². The van der Waals surface area contributed by atoms with E-state index in [2.05, 4.69) is 25.5 Å². The van der Waals surface area contributed by atoms with Crippen LogP contribution in [0.3, 0.4) is 0 Å². The lowest BCUT2D eigenvalue weighted by molar-refractivity contribution is -0.127. The maximum atomic E-state index is 12.6. The molecule has 4 heterocycles. The number of carbonyl (C=O) groups excluding carboxylic acids is 1. The van der Waals surface area contributed by atoms with Gasteiger partial charge in [-0.25, -0.2) is 9.97 Å². The summed E-state index contributed by atoms with van der Waals surface area (Å²) in [6.07, 6.45) is 6.78. The predicted octanol–water partition coefficient (Wildman–Crippen LogP) is 3.39. The summed E-state index contributed by atoms with van der Waals surface area (Å²) >= 11 is 1.41. The number of likely N-dealkylation sites (tertiary alicyclic amines) is 1. The minimum Gasteiger partial charge on any atom is -0.465 e. The van der Waals surface area contributed by atoms with E-state index in [4.69, 9.17) is 4.42 Å². The highest BCUT2D eigenvalue weighted by atomic mass is 32.1. The largest absolute Gasteiger partial charge is 0.465 e. The van der Waals surface area contributed by atoms with Crippen LogP contribution in [-0.2, 0) is 4.79 Å². The van der Waals surface area contributed by atoms with Gasteiger partial charge in [-0.3, -0.25) is 4.79 Å². The van der Waals surface area contributed by atoms with Crippen molar-refractivity contribution in [2.75, 3.05) is 18.4 Å². The van der Waals surface area contributed by atoms with Crippen molar-refractivity contribution in [1.29, 1.82) is 0 Å². The fraction of sp³-hybridized carbons (Fsp3) is 0.316. The molecule has 0 aromatic carbocycles. The zero-order valence-electron chi connectivity index (χ0n) is 15.4. The number of nitrogens with zero attached hydrogens (tertiary/aromatic N) is 5. The van der Waals surface area contributed by atoms with Gasteiger partial charge in [0.1, 0.15) is 22.9 Å². The van der Waals surface area contributed by atoms with Gasteiger partial charge >= 0.3 is 0 Å². The maximum Gasteiger partial charge on any atom is 0.246 e.